The molecule has 1 aromatic heterocycles. The van der Waals surface area contributed by atoms with Crippen molar-refractivity contribution in [3.05, 3.63) is 82.9 Å². The zero-order valence-corrected chi connectivity index (χ0v) is 15.2. The first kappa shape index (κ1) is 16.6. The minimum Gasteiger partial charge on any atom is -0.337 e. The van der Waals surface area contributed by atoms with E-state index in [-0.39, 0.29) is 11.8 Å². The van der Waals surface area contributed by atoms with Crippen molar-refractivity contribution in [2.75, 3.05) is 5.32 Å². The van der Waals surface area contributed by atoms with Crippen LogP contribution >= 0.6 is 0 Å². The fourth-order valence-electron chi connectivity index (χ4n) is 3.83. The van der Waals surface area contributed by atoms with Crippen molar-refractivity contribution in [1.82, 2.24) is 9.55 Å². The molecule has 0 bridgehead atoms. The highest BCUT2D eigenvalue weighted by Gasteiger charge is 2.21. The Balaban J connectivity index is 1.76. The average Bonchev–Trinajstić information content (AvgIpc) is 3.13. The molecule has 4 rings (SSSR count). The van der Waals surface area contributed by atoms with Crippen LogP contribution in [0.3, 0.4) is 0 Å². The van der Waals surface area contributed by atoms with Gasteiger partial charge in [0.15, 0.2) is 0 Å². The van der Waals surface area contributed by atoms with Gasteiger partial charge in [0, 0.05) is 37.0 Å². The molecule has 1 atom stereocenters. The molecular weight excluding hydrogens is 322 g/mol. The molecule has 2 heterocycles. The number of amides is 1. The molecule has 1 amide bonds. The highest BCUT2D eigenvalue weighted by atomic mass is 16.1. The van der Waals surface area contributed by atoms with Crippen LogP contribution < -0.4 is 5.32 Å². The second-order valence-electron chi connectivity index (χ2n) is 7.14. The number of aromatic nitrogens is 2. The fraction of sp³-hybridized carbons (Fsp3) is 0.273. The summed E-state index contributed by atoms with van der Waals surface area (Å²) in [7, 11) is 0. The van der Waals surface area contributed by atoms with Crippen LogP contribution in [0.25, 0.3) is 0 Å². The SMILES string of the molecule is Cc1ccc(C(Cn2ccnc2)c2ccc3c(c2)CCC(=O)N3)c(C)c1. The molecule has 1 aliphatic rings. The van der Waals surface area contributed by atoms with Crippen LogP contribution in [0.5, 0.6) is 0 Å². The van der Waals surface area contributed by atoms with Gasteiger partial charge in [-0.05, 0) is 48.6 Å². The molecule has 0 fully saturated rings. The molecule has 132 valence electrons. The van der Waals surface area contributed by atoms with Crippen LogP contribution in [0.2, 0.25) is 0 Å². The van der Waals surface area contributed by atoms with E-state index < -0.39 is 0 Å². The lowest BCUT2D eigenvalue weighted by atomic mass is 9.86. The summed E-state index contributed by atoms with van der Waals surface area (Å²) in [5.74, 6) is 0.349. The Kier molecular flexibility index (Phi) is 4.33. The van der Waals surface area contributed by atoms with E-state index in [0.717, 1.165) is 18.7 Å². The summed E-state index contributed by atoms with van der Waals surface area (Å²) in [5, 5.41) is 2.98. The maximum absolute atomic E-state index is 11.6. The van der Waals surface area contributed by atoms with Crippen LogP contribution in [0.1, 0.15) is 40.2 Å². The number of hydrogen-bond acceptors (Lipinski definition) is 2. The van der Waals surface area contributed by atoms with E-state index in [1.807, 2.05) is 24.8 Å². The summed E-state index contributed by atoms with van der Waals surface area (Å²) in [6.45, 7) is 5.15. The van der Waals surface area contributed by atoms with Crippen LogP contribution in [-0.2, 0) is 17.8 Å². The molecule has 4 heteroatoms. The molecule has 0 saturated heterocycles. The van der Waals surface area contributed by atoms with Gasteiger partial charge in [0.1, 0.15) is 0 Å². The van der Waals surface area contributed by atoms with Crippen LogP contribution in [-0.4, -0.2) is 15.5 Å². The smallest absolute Gasteiger partial charge is 0.224 e. The van der Waals surface area contributed by atoms with Gasteiger partial charge >= 0.3 is 0 Å². The quantitative estimate of drug-likeness (QED) is 0.770. The van der Waals surface area contributed by atoms with Crippen LogP contribution in [0.15, 0.2) is 55.1 Å². The number of nitrogens with zero attached hydrogens (tertiary/aromatic N) is 2. The number of carbonyl (C=O) groups is 1. The minimum absolute atomic E-state index is 0.106. The number of fused-ring (bicyclic) bond motifs is 1. The van der Waals surface area contributed by atoms with Crippen molar-refractivity contribution in [2.45, 2.75) is 39.2 Å². The Morgan fingerprint density at radius 2 is 2.04 bits per heavy atom. The number of aryl methyl sites for hydroxylation is 3. The Labute approximate surface area is 153 Å². The predicted octanol–water partition coefficient (Wildman–Crippen LogP) is 4.22. The molecule has 0 aliphatic carbocycles. The Bertz CT molecular complexity index is 944. The standard InChI is InChI=1S/C22H23N3O/c1-15-3-6-19(16(2)11-15)20(13-25-10-9-23-14-25)17-4-7-21-18(12-17)5-8-22(26)24-21/h3-4,6-7,9-12,14,20H,5,8,13H2,1-2H3,(H,24,26). The van der Waals surface area contributed by atoms with E-state index in [0.29, 0.717) is 6.42 Å². The summed E-state index contributed by atoms with van der Waals surface area (Å²) in [6.07, 6.45) is 7.07. The summed E-state index contributed by atoms with van der Waals surface area (Å²) in [4.78, 5) is 15.8. The highest BCUT2D eigenvalue weighted by molar-refractivity contribution is 5.93. The van der Waals surface area contributed by atoms with Gasteiger partial charge in [-0.15, -0.1) is 0 Å². The number of nitrogens with one attached hydrogen (secondary N) is 1. The van der Waals surface area contributed by atoms with E-state index in [2.05, 4.69) is 59.0 Å². The summed E-state index contributed by atoms with van der Waals surface area (Å²) in [5.41, 5.74) is 7.38. The molecule has 1 aliphatic heterocycles. The fourth-order valence-corrected chi connectivity index (χ4v) is 3.83. The van der Waals surface area contributed by atoms with E-state index in [9.17, 15) is 4.79 Å². The molecule has 0 spiro atoms. The summed E-state index contributed by atoms with van der Waals surface area (Å²) < 4.78 is 2.13. The van der Waals surface area contributed by atoms with Gasteiger partial charge in [-0.1, -0.05) is 35.9 Å². The molecule has 3 aromatic rings. The average molecular weight is 345 g/mol. The van der Waals surface area contributed by atoms with Gasteiger partial charge < -0.3 is 9.88 Å². The third-order valence-corrected chi connectivity index (χ3v) is 5.18. The molecular formula is C22H23N3O. The molecule has 2 aromatic carbocycles. The number of imidazole rings is 1. The zero-order valence-electron chi connectivity index (χ0n) is 15.2. The Morgan fingerprint density at radius 1 is 1.15 bits per heavy atom. The molecule has 0 radical (unpaired) electrons. The first-order valence-electron chi connectivity index (χ1n) is 9.06. The largest absolute Gasteiger partial charge is 0.337 e. The van der Waals surface area contributed by atoms with Crippen LogP contribution in [0, 0.1) is 13.8 Å². The molecule has 26 heavy (non-hydrogen) atoms. The predicted molar refractivity (Wildman–Crippen MR) is 103 cm³/mol. The first-order chi connectivity index (χ1) is 12.6. The lowest BCUT2D eigenvalue weighted by Gasteiger charge is -2.24. The first-order valence-corrected chi connectivity index (χ1v) is 9.06. The molecule has 0 saturated carbocycles. The lowest BCUT2D eigenvalue weighted by molar-refractivity contribution is -0.116. The molecule has 4 nitrogen and oxygen atoms in total. The van der Waals surface area contributed by atoms with Crippen molar-refractivity contribution in [3.8, 4) is 0 Å². The van der Waals surface area contributed by atoms with Crippen molar-refractivity contribution in [1.29, 1.82) is 0 Å². The van der Waals surface area contributed by atoms with Crippen molar-refractivity contribution in [2.24, 2.45) is 0 Å². The maximum atomic E-state index is 11.6. The second-order valence-corrected chi connectivity index (χ2v) is 7.14. The van der Waals surface area contributed by atoms with E-state index in [4.69, 9.17) is 0 Å². The number of benzene rings is 2. The van der Waals surface area contributed by atoms with Gasteiger partial charge in [-0.2, -0.15) is 0 Å². The van der Waals surface area contributed by atoms with Crippen LogP contribution in [0.4, 0.5) is 5.69 Å². The Hall–Kier alpha value is -2.88. The number of carbonyl (C=O) groups excluding carboxylic acids is 1. The molecule has 1 N–H and O–H groups in total. The number of anilines is 1. The van der Waals surface area contributed by atoms with Gasteiger partial charge in [-0.25, -0.2) is 4.98 Å². The van der Waals surface area contributed by atoms with E-state index in [1.165, 1.54) is 27.8 Å². The second kappa shape index (κ2) is 6.79. The third kappa shape index (κ3) is 3.27. The minimum atomic E-state index is 0.106. The number of rotatable bonds is 4. The van der Waals surface area contributed by atoms with Gasteiger partial charge in [0.25, 0.3) is 0 Å². The Morgan fingerprint density at radius 3 is 2.81 bits per heavy atom. The van der Waals surface area contributed by atoms with Gasteiger partial charge in [-0.3, -0.25) is 4.79 Å². The van der Waals surface area contributed by atoms with Crippen molar-refractivity contribution < 1.29 is 4.79 Å². The maximum Gasteiger partial charge on any atom is 0.224 e. The van der Waals surface area contributed by atoms with Gasteiger partial charge in [0.05, 0.1) is 6.33 Å². The normalized spacial score (nSPS) is 14.6. The monoisotopic (exact) mass is 345 g/mol. The highest BCUT2D eigenvalue weighted by Crippen LogP contribution is 2.33. The topological polar surface area (TPSA) is 46.9 Å². The number of hydrogen-bond donors (Lipinski definition) is 1. The van der Waals surface area contributed by atoms with E-state index in [1.54, 1.807) is 0 Å². The van der Waals surface area contributed by atoms with Gasteiger partial charge in [0.2, 0.25) is 5.91 Å². The lowest BCUT2D eigenvalue weighted by Crippen LogP contribution is -2.19. The summed E-state index contributed by atoms with van der Waals surface area (Å²) in [6, 6.07) is 13.1. The zero-order chi connectivity index (χ0) is 18.1. The van der Waals surface area contributed by atoms with E-state index >= 15 is 0 Å². The molecule has 1 unspecified atom stereocenters. The third-order valence-electron chi connectivity index (χ3n) is 5.18. The van der Waals surface area contributed by atoms with Crippen molar-refractivity contribution in [3.63, 3.8) is 0 Å². The van der Waals surface area contributed by atoms with Crippen molar-refractivity contribution >= 4 is 11.6 Å². The summed E-state index contributed by atoms with van der Waals surface area (Å²) >= 11 is 0.